The number of hydrogen-bond donors (Lipinski definition) is 1. The topological polar surface area (TPSA) is 98.8 Å². The molecule has 1 N–H and O–H groups in total. The van der Waals surface area contributed by atoms with E-state index in [2.05, 4.69) is 4.72 Å². The lowest BCUT2D eigenvalue weighted by Crippen LogP contribution is -2.42. The van der Waals surface area contributed by atoms with E-state index in [4.69, 9.17) is 21.1 Å². The summed E-state index contributed by atoms with van der Waals surface area (Å²) in [4.78, 5) is 25.4. The van der Waals surface area contributed by atoms with E-state index in [-0.39, 0.29) is 41.8 Å². The first-order valence-corrected chi connectivity index (χ1v) is 13.0. The molecule has 7 nitrogen and oxygen atoms in total. The molecule has 3 unspecified atom stereocenters. The van der Waals surface area contributed by atoms with Gasteiger partial charge in [-0.1, -0.05) is 41.4 Å². The first-order chi connectivity index (χ1) is 16.2. The molecule has 1 heterocycles. The van der Waals surface area contributed by atoms with Crippen molar-refractivity contribution < 1.29 is 27.5 Å². The fourth-order valence-electron chi connectivity index (χ4n) is 4.24. The van der Waals surface area contributed by atoms with Crippen LogP contribution >= 0.6 is 11.6 Å². The standard InChI is InChI=1S/C25H26ClNO6S/c1-16-2-9-20(10-3-16)34(30,31)27-13-12-24(28)33-19-8-11-21-23(14-19)32-15-22(25(21)29)17-4-6-18(26)7-5-17/h2-7,9-10,15,19,21,23,27H,8,11-14H2,1H3. The summed E-state index contributed by atoms with van der Waals surface area (Å²) in [7, 11) is -3.69. The molecule has 0 amide bonds. The molecular formula is C25H26ClNO6S. The van der Waals surface area contributed by atoms with Crippen LogP contribution in [0.5, 0.6) is 0 Å². The SMILES string of the molecule is Cc1ccc(S(=O)(=O)NCCC(=O)OC2CCC3C(=O)C(c4ccc(Cl)cc4)=COC3C2)cc1. The van der Waals surface area contributed by atoms with Crippen LogP contribution in [0.3, 0.4) is 0 Å². The Morgan fingerprint density at radius 1 is 1.12 bits per heavy atom. The van der Waals surface area contributed by atoms with Crippen LogP contribution in [0.2, 0.25) is 5.02 Å². The minimum absolute atomic E-state index is 0.0221. The van der Waals surface area contributed by atoms with Crippen LogP contribution in [0.4, 0.5) is 0 Å². The van der Waals surface area contributed by atoms with Gasteiger partial charge in [-0.05, 0) is 49.6 Å². The van der Waals surface area contributed by atoms with E-state index in [1.807, 2.05) is 6.92 Å². The van der Waals surface area contributed by atoms with Crippen LogP contribution in [0.1, 0.15) is 36.8 Å². The second kappa shape index (κ2) is 10.3. The number of ketones is 1. The predicted octanol–water partition coefficient (Wildman–Crippen LogP) is 4.04. The molecule has 2 aromatic carbocycles. The molecule has 4 rings (SSSR count). The number of ether oxygens (including phenoxy) is 2. The first kappa shape index (κ1) is 24.4. The van der Waals surface area contributed by atoms with Crippen LogP contribution in [-0.2, 0) is 29.1 Å². The Morgan fingerprint density at radius 2 is 1.82 bits per heavy atom. The Balaban J connectivity index is 1.27. The van der Waals surface area contributed by atoms with Crippen molar-refractivity contribution in [1.82, 2.24) is 4.72 Å². The van der Waals surface area contributed by atoms with Gasteiger partial charge in [-0.2, -0.15) is 0 Å². The van der Waals surface area contributed by atoms with Crippen molar-refractivity contribution in [3.05, 3.63) is 70.9 Å². The average Bonchev–Trinajstić information content (AvgIpc) is 2.80. The van der Waals surface area contributed by atoms with Crippen molar-refractivity contribution in [2.75, 3.05) is 6.54 Å². The number of halogens is 1. The minimum atomic E-state index is -3.69. The Bertz CT molecular complexity index is 1190. The lowest BCUT2D eigenvalue weighted by Gasteiger charge is -2.37. The minimum Gasteiger partial charge on any atom is -0.496 e. The Morgan fingerprint density at radius 3 is 2.53 bits per heavy atom. The highest BCUT2D eigenvalue weighted by Crippen LogP contribution is 2.37. The largest absolute Gasteiger partial charge is 0.496 e. The number of fused-ring (bicyclic) bond motifs is 1. The highest BCUT2D eigenvalue weighted by atomic mass is 35.5. The van der Waals surface area contributed by atoms with Crippen molar-refractivity contribution in [1.29, 1.82) is 0 Å². The summed E-state index contributed by atoms with van der Waals surface area (Å²) >= 11 is 5.93. The lowest BCUT2D eigenvalue weighted by molar-refractivity contribution is -0.154. The zero-order valence-corrected chi connectivity index (χ0v) is 20.3. The molecule has 2 aromatic rings. The average molecular weight is 504 g/mol. The third kappa shape index (κ3) is 5.68. The van der Waals surface area contributed by atoms with Crippen LogP contribution in [-0.4, -0.2) is 38.9 Å². The van der Waals surface area contributed by atoms with Crippen LogP contribution < -0.4 is 4.72 Å². The number of nitrogens with one attached hydrogen (secondary N) is 1. The first-order valence-electron chi connectivity index (χ1n) is 11.1. The van der Waals surface area contributed by atoms with Gasteiger partial charge in [-0.15, -0.1) is 0 Å². The summed E-state index contributed by atoms with van der Waals surface area (Å²) in [5.74, 6) is -0.754. The lowest BCUT2D eigenvalue weighted by atomic mass is 9.78. The van der Waals surface area contributed by atoms with E-state index in [1.165, 1.54) is 18.4 Å². The molecule has 180 valence electrons. The van der Waals surface area contributed by atoms with E-state index >= 15 is 0 Å². The van der Waals surface area contributed by atoms with Gasteiger partial charge in [0.1, 0.15) is 12.2 Å². The summed E-state index contributed by atoms with van der Waals surface area (Å²) in [6, 6.07) is 13.5. The maximum atomic E-state index is 13.0. The highest BCUT2D eigenvalue weighted by molar-refractivity contribution is 7.89. The molecule has 0 saturated heterocycles. The highest BCUT2D eigenvalue weighted by Gasteiger charge is 2.41. The molecule has 0 radical (unpaired) electrons. The van der Waals surface area contributed by atoms with Gasteiger partial charge in [-0.3, -0.25) is 9.59 Å². The molecule has 9 heteroatoms. The van der Waals surface area contributed by atoms with Crippen molar-refractivity contribution in [3.63, 3.8) is 0 Å². The number of carbonyl (C=O) groups is 2. The Kier molecular flexibility index (Phi) is 7.40. The van der Waals surface area contributed by atoms with Gasteiger partial charge in [0.2, 0.25) is 10.0 Å². The van der Waals surface area contributed by atoms with Gasteiger partial charge >= 0.3 is 5.97 Å². The van der Waals surface area contributed by atoms with Gasteiger partial charge in [0, 0.05) is 18.0 Å². The molecule has 1 fully saturated rings. The zero-order valence-electron chi connectivity index (χ0n) is 18.7. The number of carbonyl (C=O) groups excluding carboxylic acids is 2. The summed E-state index contributed by atoms with van der Waals surface area (Å²) in [5.41, 5.74) is 2.24. The quantitative estimate of drug-likeness (QED) is 0.572. The number of esters is 1. The van der Waals surface area contributed by atoms with Gasteiger partial charge in [0.15, 0.2) is 5.78 Å². The van der Waals surface area contributed by atoms with E-state index in [0.29, 0.717) is 29.9 Å². The number of sulfonamides is 1. The maximum absolute atomic E-state index is 13.0. The Hall–Kier alpha value is -2.68. The van der Waals surface area contributed by atoms with Crippen LogP contribution in [0.25, 0.3) is 5.57 Å². The molecule has 1 saturated carbocycles. The molecule has 0 aromatic heterocycles. The van der Waals surface area contributed by atoms with Crippen molar-refractivity contribution in [3.8, 4) is 0 Å². The van der Waals surface area contributed by atoms with Gasteiger partial charge < -0.3 is 9.47 Å². The number of benzene rings is 2. The zero-order chi connectivity index (χ0) is 24.3. The fourth-order valence-corrected chi connectivity index (χ4v) is 5.39. The summed E-state index contributed by atoms with van der Waals surface area (Å²) in [6.07, 6.45) is 2.18. The summed E-state index contributed by atoms with van der Waals surface area (Å²) in [6.45, 7) is 1.81. The third-order valence-corrected chi connectivity index (χ3v) is 7.84. The number of aryl methyl sites for hydroxylation is 1. The molecule has 1 aliphatic heterocycles. The van der Waals surface area contributed by atoms with E-state index < -0.39 is 16.0 Å². The predicted molar refractivity (Wildman–Crippen MR) is 128 cm³/mol. The molecular weight excluding hydrogens is 478 g/mol. The summed E-state index contributed by atoms with van der Waals surface area (Å²) < 4.78 is 38.5. The number of allylic oxidation sites excluding steroid dienone is 1. The third-order valence-electron chi connectivity index (χ3n) is 6.11. The Labute approximate surface area is 204 Å². The molecule has 2 aliphatic rings. The fraction of sp³-hybridized carbons (Fsp3) is 0.360. The normalized spacial score (nSPS) is 22.4. The number of rotatable bonds is 7. The smallest absolute Gasteiger partial charge is 0.307 e. The molecule has 0 bridgehead atoms. The number of hydrogen-bond acceptors (Lipinski definition) is 6. The van der Waals surface area contributed by atoms with Crippen molar-refractivity contribution in [2.45, 2.75) is 49.7 Å². The van der Waals surface area contributed by atoms with E-state index in [1.54, 1.807) is 36.4 Å². The molecule has 3 atom stereocenters. The van der Waals surface area contributed by atoms with Crippen LogP contribution in [0.15, 0.2) is 59.7 Å². The maximum Gasteiger partial charge on any atom is 0.307 e. The monoisotopic (exact) mass is 503 g/mol. The number of Topliss-reactive ketones (excluding diaryl/α,β-unsaturated/α-hetero) is 1. The molecule has 1 aliphatic carbocycles. The van der Waals surface area contributed by atoms with Gasteiger partial charge in [-0.25, -0.2) is 13.1 Å². The van der Waals surface area contributed by atoms with E-state index in [0.717, 1.165) is 11.1 Å². The second-order valence-electron chi connectivity index (χ2n) is 8.57. The van der Waals surface area contributed by atoms with E-state index in [9.17, 15) is 18.0 Å². The van der Waals surface area contributed by atoms with Crippen molar-refractivity contribution in [2.24, 2.45) is 5.92 Å². The van der Waals surface area contributed by atoms with Gasteiger partial charge in [0.25, 0.3) is 0 Å². The molecule has 34 heavy (non-hydrogen) atoms. The van der Waals surface area contributed by atoms with Crippen LogP contribution in [0, 0.1) is 12.8 Å². The second-order valence-corrected chi connectivity index (χ2v) is 10.8. The molecule has 0 spiro atoms. The van der Waals surface area contributed by atoms with Gasteiger partial charge in [0.05, 0.1) is 29.1 Å². The summed E-state index contributed by atoms with van der Waals surface area (Å²) in [5, 5.41) is 0.594. The van der Waals surface area contributed by atoms with Crippen molar-refractivity contribution >= 4 is 38.9 Å².